The van der Waals surface area contributed by atoms with Gasteiger partial charge in [0.25, 0.3) is 0 Å². The summed E-state index contributed by atoms with van der Waals surface area (Å²) in [5, 5.41) is 16.4. The number of thioether (sulfide) groups is 1. The summed E-state index contributed by atoms with van der Waals surface area (Å²) >= 11 is 1.43. The average Bonchev–Trinajstić information content (AvgIpc) is 2.74. The van der Waals surface area contributed by atoms with Crippen LogP contribution in [-0.4, -0.2) is 83.9 Å². The number of aliphatic carboxylic acids is 1. The molecule has 3 unspecified atom stereocenters. The van der Waals surface area contributed by atoms with Crippen molar-refractivity contribution < 1.29 is 29.1 Å². The molecule has 0 bridgehead atoms. The van der Waals surface area contributed by atoms with Crippen molar-refractivity contribution in [2.75, 3.05) is 25.1 Å². The zero-order chi connectivity index (χ0) is 25.4. The molecule has 12 N–H and O–H groups in total. The number of carboxylic acid groups (broad SMARTS) is 1. The van der Waals surface area contributed by atoms with Crippen LogP contribution in [0.3, 0.4) is 0 Å². The number of nitrogens with one attached hydrogen (secondary N) is 3. The Balaban J connectivity index is 4.76. The number of aliphatic imine (C=N–C) groups is 1. The maximum absolute atomic E-state index is 12.5. The molecule has 33 heavy (non-hydrogen) atoms. The minimum absolute atomic E-state index is 0.0627. The third-order valence-corrected chi connectivity index (χ3v) is 4.93. The Morgan fingerprint density at radius 1 is 0.970 bits per heavy atom. The second-order valence-electron chi connectivity index (χ2n) is 7.08. The largest absolute Gasteiger partial charge is 0.480 e. The summed E-state index contributed by atoms with van der Waals surface area (Å²) in [6, 6.07) is -3.25. The molecule has 0 rings (SSSR count). The van der Waals surface area contributed by atoms with E-state index in [-0.39, 0.29) is 25.2 Å². The Bertz CT molecular complexity index is 716. The van der Waals surface area contributed by atoms with Gasteiger partial charge in [-0.1, -0.05) is 0 Å². The van der Waals surface area contributed by atoms with E-state index in [0.717, 1.165) is 0 Å². The van der Waals surface area contributed by atoms with E-state index in [9.17, 15) is 29.1 Å². The van der Waals surface area contributed by atoms with Gasteiger partial charge in [-0.2, -0.15) is 11.8 Å². The fourth-order valence-electron chi connectivity index (χ4n) is 2.52. The van der Waals surface area contributed by atoms with Crippen molar-refractivity contribution in [1.29, 1.82) is 0 Å². The van der Waals surface area contributed by atoms with Gasteiger partial charge in [-0.3, -0.25) is 24.2 Å². The Labute approximate surface area is 196 Å². The Hall–Kier alpha value is -3.07. The van der Waals surface area contributed by atoms with Crippen molar-refractivity contribution in [1.82, 2.24) is 16.0 Å². The van der Waals surface area contributed by atoms with Crippen LogP contribution < -0.4 is 38.9 Å². The number of carbonyl (C=O) groups excluding carboxylic acids is 4. The molecule has 0 aliphatic heterocycles. The van der Waals surface area contributed by atoms with Crippen LogP contribution in [0.15, 0.2) is 4.99 Å². The normalized spacial score (nSPS) is 13.2. The first kappa shape index (κ1) is 29.9. The highest BCUT2D eigenvalue weighted by atomic mass is 32.2. The number of nitrogens with two attached hydrogens (primary N) is 4. The van der Waals surface area contributed by atoms with Gasteiger partial charge in [0.2, 0.25) is 23.6 Å². The minimum atomic E-state index is -1.34. The van der Waals surface area contributed by atoms with E-state index in [0.29, 0.717) is 25.1 Å². The van der Waals surface area contributed by atoms with Crippen LogP contribution in [0.1, 0.15) is 32.1 Å². The molecular formula is C18H34N8O6S. The fraction of sp³-hybridized carbons (Fsp3) is 0.667. The average molecular weight is 491 g/mol. The monoisotopic (exact) mass is 490 g/mol. The topological polar surface area (TPSA) is 258 Å². The predicted octanol–water partition coefficient (Wildman–Crippen LogP) is -3.44. The van der Waals surface area contributed by atoms with E-state index in [1.807, 2.05) is 0 Å². The van der Waals surface area contributed by atoms with Gasteiger partial charge < -0.3 is 44.0 Å². The van der Waals surface area contributed by atoms with Crippen molar-refractivity contribution in [2.24, 2.45) is 27.9 Å². The number of primary amides is 1. The number of amides is 4. The van der Waals surface area contributed by atoms with E-state index in [4.69, 9.17) is 22.9 Å². The molecule has 4 amide bonds. The summed E-state index contributed by atoms with van der Waals surface area (Å²) in [4.78, 5) is 62.8. The van der Waals surface area contributed by atoms with E-state index < -0.39 is 54.3 Å². The molecule has 0 aromatic carbocycles. The van der Waals surface area contributed by atoms with Crippen molar-refractivity contribution in [3.63, 3.8) is 0 Å². The van der Waals surface area contributed by atoms with Crippen LogP contribution >= 0.6 is 11.8 Å². The zero-order valence-corrected chi connectivity index (χ0v) is 19.4. The maximum atomic E-state index is 12.5. The van der Waals surface area contributed by atoms with Gasteiger partial charge in [-0.05, 0) is 37.7 Å². The Morgan fingerprint density at radius 3 is 2.18 bits per heavy atom. The third kappa shape index (κ3) is 14.6. The molecule has 0 aromatic heterocycles. The van der Waals surface area contributed by atoms with Gasteiger partial charge in [0.1, 0.15) is 12.1 Å². The van der Waals surface area contributed by atoms with Crippen molar-refractivity contribution >= 4 is 47.3 Å². The summed E-state index contributed by atoms with van der Waals surface area (Å²) in [7, 11) is 0. The lowest BCUT2D eigenvalue weighted by Crippen LogP contribution is -2.54. The van der Waals surface area contributed by atoms with Crippen molar-refractivity contribution in [3.8, 4) is 0 Å². The van der Waals surface area contributed by atoms with Crippen LogP contribution in [0, 0.1) is 0 Å². The lowest BCUT2D eigenvalue weighted by molar-refractivity contribution is -0.142. The molecule has 0 aliphatic rings. The first-order valence-corrected chi connectivity index (χ1v) is 11.6. The number of carboxylic acids is 1. The molecule has 3 atom stereocenters. The van der Waals surface area contributed by atoms with Gasteiger partial charge in [-0.25, -0.2) is 4.79 Å². The van der Waals surface area contributed by atoms with Gasteiger partial charge in [0, 0.05) is 13.0 Å². The van der Waals surface area contributed by atoms with Crippen LogP contribution in [0.4, 0.5) is 0 Å². The maximum Gasteiger partial charge on any atom is 0.326 e. The van der Waals surface area contributed by atoms with Gasteiger partial charge in [0.05, 0.1) is 12.6 Å². The second kappa shape index (κ2) is 16.5. The molecule has 0 aromatic rings. The van der Waals surface area contributed by atoms with Crippen molar-refractivity contribution in [2.45, 2.75) is 50.2 Å². The highest BCUT2D eigenvalue weighted by Crippen LogP contribution is 2.04. The standard InChI is InChI=1S/C18H34N8O6S/c1-33-8-6-11(16(30)26-12(17(31)32)4-5-13(20)27)25-14(28)9-24-15(29)10(19)3-2-7-23-18(21)22/h10-12H,2-9,19H2,1H3,(H2,20,27)(H,24,29)(H,25,28)(H,26,30)(H,31,32)(H4,21,22,23). The van der Waals surface area contributed by atoms with Crippen LogP contribution in [0.25, 0.3) is 0 Å². The highest BCUT2D eigenvalue weighted by Gasteiger charge is 2.26. The van der Waals surface area contributed by atoms with E-state index >= 15 is 0 Å². The summed E-state index contributed by atoms with van der Waals surface area (Å²) in [5.41, 5.74) is 21.2. The molecule has 0 aliphatic carbocycles. The summed E-state index contributed by atoms with van der Waals surface area (Å²) in [6.45, 7) is -0.111. The molecule has 0 spiro atoms. The number of rotatable bonds is 17. The molecule has 0 fully saturated rings. The third-order valence-electron chi connectivity index (χ3n) is 4.28. The van der Waals surface area contributed by atoms with Crippen LogP contribution in [0.5, 0.6) is 0 Å². The highest BCUT2D eigenvalue weighted by molar-refractivity contribution is 7.98. The summed E-state index contributed by atoms with van der Waals surface area (Å²) in [6.07, 6.45) is 2.38. The Morgan fingerprint density at radius 2 is 1.64 bits per heavy atom. The number of hydrogen-bond donors (Lipinski definition) is 8. The van der Waals surface area contributed by atoms with Gasteiger partial charge in [-0.15, -0.1) is 0 Å². The van der Waals surface area contributed by atoms with Crippen molar-refractivity contribution in [3.05, 3.63) is 0 Å². The lowest BCUT2D eigenvalue weighted by Gasteiger charge is -2.21. The zero-order valence-electron chi connectivity index (χ0n) is 18.5. The molecule has 15 heteroatoms. The number of hydrogen-bond acceptors (Lipinski definition) is 8. The van der Waals surface area contributed by atoms with Crippen LogP contribution in [0.2, 0.25) is 0 Å². The molecule has 188 valence electrons. The number of carbonyl (C=O) groups is 5. The first-order valence-electron chi connectivity index (χ1n) is 10.2. The fourth-order valence-corrected chi connectivity index (χ4v) is 2.99. The predicted molar refractivity (Wildman–Crippen MR) is 124 cm³/mol. The lowest BCUT2D eigenvalue weighted by atomic mass is 10.1. The smallest absolute Gasteiger partial charge is 0.326 e. The molecule has 0 saturated heterocycles. The summed E-state index contributed by atoms with van der Waals surface area (Å²) < 4.78 is 0. The molecule has 14 nitrogen and oxygen atoms in total. The minimum Gasteiger partial charge on any atom is -0.480 e. The van der Waals surface area contributed by atoms with E-state index in [1.54, 1.807) is 6.26 Å². The van der Waals surface area contributed by atoms with E-state index in [2.05, 4.69) is 20.9 Å². The summed E-state index contributed by atoms with van der Waals surface area (Å²) in [5.74, 6) is -3.53. The molecule has 0 radical (unpaired) electrons. The molecule has 0 saturated carbocycles. The quantitative estimate of drug-likeness (QED) is 0.0568. The second-order valence-corrected chi connectivity index (χ2v) is 8.06. The molecule has 0 heterocycles. The number of nitrogens with zero attached hydrogens (tertiary/aromatic N) is 1. The first-order chi connectivity index (χ1) is 15.5. The van der Waals surface area contributed by atoms with Crippen LogP contribution in [-0.2, 0) is 24.0 Å². The van der Waals surface area contributed by atoms with Gasteiger partial charge >= 0.3 is 5.97 Å². The molecular weight excluding hydrogens is 456 g/mol. The number of guanidine groups is 1. The SMILES string of the molecule is CSCCC(NC(=O)CNC(=O)C(N)CCCN=C(N)N)C(=O)NC(CCC(N)=O)C(=O)O. The van der Waals surface area contributed by atoms with Gasteiger partial charge in [0.15, 0.2) is 5.96 Å². The Kier molecular flexibility index (Phi) is 15.0. The van der Waals surface area contributed by atoms with E-state index in [1.165, 1.54) is 11.8 Å².